The quantitative estimate of drug-likeness (QED) is 0.488. The number of hydrogen-bond acceptors (Lipinski definition) is 5. The van der Waals surface area contributed by atoms with Gasteiger partial charge in [-0.25, -0.2) is 4.98 Å². The van der Waals surface area contributed by atoms with Gasteiger partial charge in [0.05, 0.1) is 19.3 Å². The molecule has 0 saturated heterocycles. The first-order valence-electron chi connectivity index (χ1n) is 9.66. The SMILES string of the molecule is CC[C@@H](C)N(Cc1csc(COc2ccccc2)n1)C(=O)c1cccc(OC)c1. The molecule has 3 aromatic rings. The van der Waals surface area contributed by atoms with Crippen LogP contribution in [0.1, 0.15) is 41.3 Å². The molecule has 1 amide bonds. The van der Waals surface area contributed by atoms with E-state index in [2.05, 4.69) is 18.8 Å². The van der Waals surface area contributed by atoms with Gasteiger partial charge in [0.2, 0.25) is 0 Å². The normalized spacial score (nSPS) is 11.7. The number of aromatic nitrogens is 1. The zero-order chi connectivity index (χ0) is 20.6. The predicted molar refractivity (Wildman–Crippen MR) is 116 cm³/mol. The van der Waals surface area contributed by atoms with Gasteiger partial charge in [0, 0.05) is 17.0 Å². The maximum atomic E-state index is 13.2. The third kappa shape index (κ3) is 5.57. The van der Waals surface area contributed by atoms with Crippen LogP contribution in [0.5, 0.6) is 11.5 Å². The smallest absolute Gasteiger partial charge is 0.254 e. The number of ether oxygens (including phenoxy) is 2. The molecule has 0 aliphatic rings. The van der Waals surface area contributed by atoms with Crippen molar-refractivity contribution in [2.24, 2.45) is 0 Å². The fraction of sp³-hybridized carbons (Fsp3) is 0.304. The topological polar surface area (TPSA) is 51.7 Å². The third-order valence-electron chi connectivity index (χ3n) is 4.74. The molecule has 0 aliphatic heterocycles. The standard InChI is InChI=1S/C23H26N2O3S/c1-4-17(2)25(23(26)18-9-8-12-21(13-18)27-3)14-19-16-29-22(24-19)15-28-20-10-6-5-7-11-20/h5-13,16-17H,4,14-15H2,1-3H3/t17-/m1/s1. The summed E-state index contributed by atoms with van der Waals surface area (Å²) in [6.07, 6.45) is 0.865. The molecule has 2 aromatic carbocycles. The number of methoxy groups -OCH3 is 1. The molecule has 1 heterocycles. The highest BCUT2D eigenvalue weighted by Crippen LogP contribution is 2.21. The first-order chi connectivity index (χ1) is 14.1. The molecule has 152 valence electrons. The van der Waals surface area contributed by atoms with Gasteiger partial charge in [-0.1, -0.05) is 31.2 Å². The monoisotopic (exact) mass is 410 g/mol. The van der Waals surface area contributed by atoms with E-state index in [4.69, 9.17) is 9.47 Å². The zero-order valence-electron chi connectivity index (χ0n) is 17.0. The van der Waals surface area contributed by atoms with Crippen LogP contribution in [-0.2, 0) is 13.2 Å². The molecule has 1 aromatic heterocycles. The summed E-state index contributed by atoms with van der Waals surface area (Å²) in [6, 6.07) is 17.0. The Balaban J connectivity index is 1.70. The maximum Gasteiger partial charge on any atom is 0.254 e. The highest BCUT2D eigenvalue weighted by molar-refractivity contribution is 7.09. The van der Waals surface area contributed by atoms with Crippen LogP contribution in [0.3, 0.4) is 0 Å². The molecule has 5 nitrogen and oxygen atoms in total. The van der Waals surface area contributed by atoms with Crippen LogP contribution in [-0.4, -0.2) is 28.9 Å². The number of rotatable bonds is 9. The van der Waals surface area contributed by atoms with E-state index in [0.717, 1.165) is 22.9 Å². The number of para-hydroxylation sites is 1. The number of nitrogens with zero attached hydrogens (tertiary/aromatic N) is 2. The molecular weight excluding hydrogens is 384 g/mol. The fourth-order valence-electron chi connectivity index (χ4n) is 2.89. The largest absolute Gasteiger partial charge is 0.497 e. The van der Waals surface area contributed by atoms with Crippen LogP contribution in [0.4, 0.5) is 0 Å². The lowest BCUT2D eigenvalue weighted by atomic mass is 10.1. The summed E-state index contributed by atoms with van der Waals surface area (Å²) in [5, 5.41) is 2.89. The van der Waals surface area contributed by atoms with Gasteiger partial charge in [0.15, 0.2) is 0 Å². The number of benzene rings is 2. The van der Waals surface area contributed by atoms with Gasteiger partial charge >= 0.3 is 0 Å². The second kappa shape index (κ2) is 10.1. The minimum absolute atomic E-state index is 0.0201. The second-order valence-corrected chi connectivity index (χ2v) is 7.70. The molecule has 1 atom stereocenters. The summed E-state index contributed by atoms with van der Waals surface area (Å²) in [4.78, 5) is 19.7. The maximum absolute atomic E-state index is 13.2. The molecule has 0 radical (unpaired) electrons. The summed E-state index contributed by atoms with van der Waals surface area (Å²) < 4.78 is 11.0. The van der Waals surface area contributed by atoms with Gasteiger partial charge in [0.25, 0.3) is 5.91 Å². The molecule has 0 fully saturated rings. The second-order valence-electron chi connectivity index (χ2n) is 6.76. The lowest BCUT2D eigenvalue weighted by Gasteiger charge is -2.28. The van der Waals surface area contributed by atoms with Crippen molar-refractivity contribution in [3.8, 4) is 11.5 Å². The third-order valence-corrected chi connectivity index (χ3v) is 5.61. The molecule has 3 rings (SSSR count). The van der Waals surface area contributed by atoms with E-state index in [9.17, 15) is 4.79 Å². The number of amides is 1. The predicted octanol–water partition coefficient (Wildman–Crippen LogP) is 5.17. The molecule has 29 heavy (non-hydrogen) atoms. The summed E-state index contributed by atoms with van der Waals surface area (Å²) in [6.45, 7) is 5.02. The highest BCUT2D eigenvalue weighted by Gasteiger charge is 2.22. The average molecular weight is 411 g/mol. The van der Waals surface area contributed by atoms with E-state index in [-0.39, 0.29) is 11.9 Å². The van der Waals surface area contributed by atoms with E-state index < -0.39 is 0 Å². The molecule has 0 unspecified atom stereocenters. The molecular formula is C23H26N2O3S. The number of carbonyl (C=O) groups excluding carboxylic acids is 1. The van der Waals surface area contributed by atoms with Crippen molar-refractivity contribution in [2.75, 3.05) is 7.11 Å². The van der Waals surface area contributed by atoms with Gasteiger partial charge < -0.3 is 14.4 Å². The van der Waals surface area contributed by atoms with Crippen molar-refractivity contribution in [1.82, 2.24) is 9.88 Å². The highest BCUT2D eigenvalue weighted by atomic mass is 32.1. The summed E-state index contributed by atoms with van der Waals surface area (Å²) in [7, 11) is 1.60. The van der Waals surface area contributed by atoms with Crippen molar-refractivity contribution in [1.29, 1.82) is 0 Å². The van der Waals surface area contributed by atoms with Crippen LogP contribution < -0.4 is 9.47 Å². The van der Waals surface area contributed by atoms with E-state index >= 15 is 0 Å². The molecule has 0 aliphatic carbocycles. The molecule has 0 spiro atoms. The molecule has 0 N–H and O–H groups in total. The Hall–Kier alpha value is -2.86. The van der Waals surface area contributed by atoms with Crippen LogP contribution >= 0.6 is 11.3 Å². The molecule has 0 bridgehead atoms. The lowest BCUT2D eigenvalue weighted by Crippen LogP contribution is -2.37. The van der Waals surface area contributed by atoms with Crippen molar-refractivity contribution in [3.05, 3.63) is 76.2 Å². The minimum atomic E-state index is -0.0201. The Kier molecular flexibility index (Phi) is 7.25. The summed E-state index contributed by atoms with van der Waals surface area (Å²) in [5.41, 5.74) is 1.49. The first kappa shape index (κ1) is 20.9. The number of thiazole rings is 1. The van der Waals surface area contributed by atoms with Crippen molar-refractivity contribution >= 4 is 17.2 Å². The average Bonchev–Trinajstić information content (AvgIpc) is 3.23. The van der Waals surface area contributed by atoms with Gasteiger partial charge in [-0.2, -0.15) is 0 Å². The van der Waals surface area contributed by atoms with Crippen molar-refractivity contribution in [3.63, 3.8) is 0 Å². The van der Waals surface area contributed by atoms with E-state index in [1.807, 2.05) is 58.8 Å². The zero-order valence-corrected chi connectivity index (χ0v) is 17.8. The number of hydrogen-bond donors (Lipinski definition) is 0. The van der Waals surface area contributed by atoms with Crippen LogP contribution in [0.25, 0.3) is 0 Å². The van der Waals surface area contributed by atoms with Crippen LogP contribution in [0, 0.1) is 0 Å². The van der Waals surface area contributed by atoms with E-state index in [1.54, 1.807) is 24.5 Å². The summed E-state index contributed by atoms with van der Waals surface area (Å²) >= 11 is 1.55. The Morgan fingerprint density at radius 3 is 2.62 bits per heavy atom. The van der Waals surface area contributed by atoms with Crippen molar-refractivity contribution in [2.45, 2.75) is 39.5 Å². The van der Waals surface area contributed by atoms with E-state index in [1.165, 1.54) is 0 Å². The molecule has 6 heteroatoms. The Morgan fingerprint density at radius 1 is 1.14 bits per heavy atom. The van der Waals surface area contributed by atoms with Gasteiger partial charge in [-0.15, -0.1) is 11.3 Å². The minimum Gasteiger partial charge on any atom is -0.497 e. The van der Waals surface area contributed by atoms with E-state index in [0.29, 0.717) is 24.5 Å². The van der Waals surface area contributed by atoms with Gasteiger partial charge in [0.1, 0.15) is 23.1 Å². The lowest BCUT2D eigenvalue weighted by molar-refractivity contribution is 0.0668. The Bertz CT molecular complexity index is 927. The van der Waals surface area contributed by atoms with Crippen molar-refractivity contribution < 1.29 is 14.3 Å². The fourth-order valence-corrected chi connectivity index (χ4v) is 3.59. The van der Waals surface area contributed by atoms with Crippen LogP contribution in [0.15, 0.2) is 60.0 Å². The Morgan fingerprint density at radius 2 is 1.90 bits per heavy atom. The molecule has 0 saturated carbocycles. The van der Waals surface area contributed by atoms with Gasteiger partial charge in [-0.3, -0.25) is 4.79 Å². The summed E-state index contributed by atoms with van der Waals surface area (Å²) in [5.74, 6) is 1.47. The van der Waals surface area contributed by atoms with Gasteiger partial charge in [-0.05, 0) is 43.7 Å². The number of carbonyl (C=O) groups is 1. The van der Waals surface area contributed by atoms with Crippen LogP contribution in [0.2, 0.25) is 0 Å². The Labute approximate surface area is 175 Å². The first-order valence-corrected chi connectivity index (χ1v) is 10.5.